The van der Waals surface area contributed by atoms with Crippen LogP contribution in [-0.4, -0.2) is 25.8 Å². The van der Waals surface area contributed by atoms with Gasteiger partial charge in [-0.25, -0.2) is 8.42 Å². The van der Waals surface area contributed by atoms with Crippen LogP contribution in [0.5, 0.6) is 0 Å². The zero-order valence-electron chi connectivity index (χ0n) is 23.0. The SMILES string of the molecule is Cc1ccc(S(=O)(=O)N(Cc2ccccc2)c2ccccc2C(=O)Nc2ccccc2C(=O)NC(C)(C)C)cc1. The normalized spacial score (nSPS) is 11.5. The molecule has 2 N–H and O–H groups in total. The van der Waals surface area contributed by atoms with Crippen LogP contribution in [0.15, 0.2) is 108 Å². The second-order valence-electron chi connectivity index (χ2n) is 10.5. The van der Waals surface area contributed by atoms with Crippen LogP contribution in [0.2, 0.25) is 0 Å². The Balaban J connectivity index is 1.76. The summed E-state index contributed by atoms with van der Waals surface area (Å²) in [7, 11) is -4.05. The van der Waals surface area contributed by atoms with Crippen LogP contribution in [0, 0.1) is 6.92 Å². The Kier molecular flexibility index (Phi) is 8.40. The number of benzene rings is 4. The van der Waals surface area contributed by atoms with E-state index >= 15 is 0 Å². The van der Waals surface area contributed by atoms with Crippen LogP contribution in [0.1, 0.15) is 52.6 Å². The molecule has 4 rings (SSSR count). The Morgan fingerprint density at radius 2 is 1.30 bits per heavy atom. The van der Waals surface area contributed by atoms with Crippen LogP contribution in [0.3, 0.4) is 0 Å². The molecule has 0 atom stereocenters. The van der Waals surface area contributed by atoms with Crippen molar-refractivity contribution in [3.8, 4) is 0 Å². The first-order valence-corrected chi connectivity index (χ1v) is 14.3. The molecule has 0 saturated carbocycles. The van der Waals surface area contributed by atoms with Gasteiger partial charge in [-0.05, 0) is 69.7 Å². The summed E-state index contributed by atoms with van der Waals surface area (Å²) < 4.78 is 29.2. The maximum absolute atomic E-state index is 14.0. The second-order valence-corrected chi connectivity index (χ2v) is 12.4. The molecule has 0 heterocycles. The molecule has 0 aliphatic rings. The molecule has 0 spiro atoms. The van der Waals surface area contributed by atoms with Crippen LogP contribution in [-0.2, 0) is 16.6 Å². The van der Waals surface area contributed by atoms with E-state index in [1.165, 1.54) is 4.31 Å². The lowest BCUT2D eigenvalue weighted by molar-refractivity contribution is 0.0920. The van der Waals surface area contributed by atoms with Gasteiger partial charge < -0.3 is 10.6 Å². The van der Waals surface area contributed by atoms with E-state index in [4.69, 9.17) is 0 Å². The fraction of sp³-hybridized carbons (Fsp3) is 0.188. The number of para-hydroxylation sites is 2. The van der Waals surface area contributed by atoms with Gasteiger partial charge in [-0.15, -0.1) is 0 Å². The molecule has 0 radical (unpaired) electrons. The summed E-state index contributed by atoms with van der Waals surface area (Å²) in [6.45, 7) is 7.53. The molecule has 4 aromatic carbocycles. The predicted octanol–water partition coefficient (Wildman–Crippen LogP) is 6.17. The van der Waals surface area contributed by atoms with Gasteiger partial charge in [0.1, 0.15) is 0 Å². The number of hydrogen-bond donors (Lipinski definition) is 2. The van der Waals surface area contributed by atoms with Gasteiger partial charge in [-0.2, -0.15) is 0 Å². The van der Waals surface area contributed by atoms with Crippen molar-refractivity contribution >= 4 is 33.2 Å². The molecule has 40 heavy (non-hydrogen) atoms. The maximum Gasteiger partial charge on any atom is 0.264 e. The number of carbonyl (C=O) groups excluding carboxylic acids is 2. The Hall–Kier alpha value is -4.43. The fourth-order valence-electron chi connectivity index (χ4n) is 4.16. The number of nitrogens with one attached hydrogen (secondary N) is 2. The summed E-state index contributed by atoms with van der Waals surface area (Å²) >= 11 is 0. The Labute approximate surface area is 235 Å². The minimum Gasteiger partial charge on any atom is -0.347 e. The summed E-state index contributed by atoms with van der Waals surface area (Å²) in [6.07, 6.45) is 0. The van der Waals surface area contributed by atoms with Crippen LogP contribution in [0.4, 0.5) is 11.4 Å². The summed E-state index contributed by atoms with van der Waals surface area (Å²) in [5.74, 6) is -0.867. The van der Waals surface area contributed by atoms with E-state index in [2.05, 4.69) is 10.6 Å². The number of hydrogen-bond acceptors (Lipinski definition) is 4. The topological polar surface area (TPSA) is 95.6 Å². The summed E-state index contributed by atoms with van der Waals surface area (Å²) in [5.41, 5.74) is 2.22. The van der Waals surface area contributed by atoms with Crippen molar-refractivity contribution < 1.29 is 18.0 Å². The highest BCUT2D eigenvalue weighted by molar-refractivity contribution is 7.92. The van der Waals surface area contributed by atoms with E-state index < -0.39 is 21.5 Å². The molecule has 0 bridgehead atoms. The van der Waals surface area contributed by atoms with Crippen molar-refractivity contribution in [2.24, 2.45) is 0 Å². The van der Waals surface area contributed by atoms with E-state index in [-0.39, 0.29) is 28.6 Å². The number of anilines is 2. The third kappa shape index (κ3) is 6.76. The highest BCUT2D eigenvalue weighted by atomic mass is 32.2. The quantitative estimate of drug-likeness (QED) is 0.272. The van der Waals surface area contributed by atoms with Crippen molar-refractivity contribution in [2.45, 2.75) is 44.7 Å². The first-order chi connectivity index (χ1) is 19.0. The molecule has 2 amide bonds. The molecule has 4 aromatic rings. The van der Waals surface area contributed by atoms with E-state index in [1.54, 1.807) is 72.8 Å². The molecule has 0 saturated heterocycles. The number of aryl methyl sites for hydroxylation is 1. The highest BCUT2D eigenvalue weighted by Gasteiger charge is 2.29. The zero-order valence-corrected chi connectivity index (χ0v) is 23.8. The number of carbonyl (C=O) groups is 2. The largest absolute Gasteiger partial charge is 0.347 e. The molecule has 7 nitrogen and oxygen atoms in total. The average Bonchev–Trinajstić information content (AvgIpc) is 2.92. The lowest BCUT2D eigenvalue weighted by atomic mass is 10.1. The first kappa shape index (κ1) is 28.6. The lowest BCUT2D eigenvalue weighted by Gasteiger charge is -2.27. The summed E-state index contributed by atoms with van der Waals surface area (Å²) in [4.78, 5) is 26.8. The van der Waals surface area contributed by atoms with E-state index in [1.807, 2.05) is 58.0 Å². The third-order valence-corrected chi connectivity index (χ3v) is 7.88. The van der Waals surface area contributed by atoms with Gasteiger partial charge in [0.05, 0.1) is 33.9 Å². The molecule has 0 unspecified atom stereocenters. The van der Waals surface area contributed by atoms with Gasteiger partial charge in [0.2, 0.25) is 0 Å². The highest BCUT2D eigenvalue weighted by Crippen LogP contribution is 2.30. The Morgan fingerprint density at radius 1 is 0.725 bits per heavy atom. The van der Waals surface area contributed by atoms with Crippen molar-refractivity contribution in [1.82, 2.24) is 5.32 Å². The van der Waals surface area contributed by atoms with Gasteiger partial charge in [-0.3, -0.25) is 13.9 Å². The second kappa shape index (κ2) is 11.8. The van der Waals surface area contributed by atoms with Crippen LogP contribution >= 0.6 is 0 Å². The molecule has 0 aromatic heterocycles. The number of amides is 2. The number of sulfonamides is 1. The summed E-state index contributed by atoms with van der Waals surface area (Å²) in [5, 5.41) is 5.74. The molecule has 0 fully saturated rings. The zero-order chi connectivity index (χ0) is 28.9. The molecular formula is C32H33N3O4S. The predicted molar refractivity (Wildman–Crippen MR) is 159 cm³/mol. The number of nitrogens with zero attached hydrogens (tertiary/aromatic N) is 1. The number of rotatable bonds is 8. The average molecular weight is 556 g/mol. The maximum atomic E-state index is 14.0. The van der Waals surface area contributed by atoms with Crippen molar-refractivity contribution in [3.63, 3.8) is 0 Å². The van der Waals surface area contributed by atoms with Gasteiger partial charge in [0.25, 0.3) is 21.8 Å². The van der Waals surface area contributed by atoms with Gasteiger partial charge in [0, 0.05) is 5.54 Å². The van der Waals surface area contributed by atoms with E-state index in [0.717, 1.165) is 11.1 Å². The Bertz CT molecular complexity index is 1610. The summed E-state index contributed by atoms with van der Waals surface area (Å²) in [6, 6.07) is 29.1. The smallest absolute Gasteiger partial charge is 0.264 e. The van der Waals surface area contributed by atoms with E-state index in [9.17, 15) is 18.0 Å². The molecule has 0 aliphatic heterocycles. The Morgan fingerprint density at radius 3 is 1.95 bits per heavy atom. The fourth-order valence-corrected chi connectivity index (χ4v) is 5.63. The van der Waals surface area contributed by atoms with Gasteiger partial charge in [0.15, 0.2) is 0 Å². The lowest BCUT2D eigenvalue weighted by Crippen LogP contribution is -2.40. The van der Waals surface area contributed by atoms with Gasteiger partial charge >= 0.3 is 0 Å². The standard InChI is InChI=1S/C32H33N3O4S/c1-23-18-20-25(21-19-23)40(38,39)35(22-24-12-6-5-7-13-24)29-17-11-9-15-27(29)30(36)33-28-16-10-8-14-26(28)31(37)34-32(2,3)4/h5-21H,22H2,1-4H3,(H,33,36)(H,34,37). The molecule has 0 aliphatic carbocycles. The van der Waals surface area contributed by atoms with Crippen molar-refractivity contribution in [3.05, 3.63) is 125 Å². The van der Waals surface area contributed by atoms with E-state index in [0.29, 0.717) is 11.3 Å². The molecular weight excluding hydrogens is 522 g/mol. The van der Waals surface area contributed by atoms with Crippen molar-refractivity contribution in [2.75, 3.05) is 9.62 Å². The van der Waals surface area contributed by atoms with Crippen LogP contribution < -0.4 is 14.9 Å². The minimum absolute atomic E-state index is 0.0198. The van der Waals surface area contributed by atoms with Gasteiger partial charge in [-0.1, -0.05) is 72.3 Å². The minimum atomic E-state index is -4.05. The monoisotopic (exact) mass is 555 g/mol. The third-order valence-electron chi connectivity index (χ3n) is 6.10. The van der Waals surface area contributed by atoms with Crippen LogP contribution in [0.25, 0.3) is 0 Å². The van der Waals surface area contributed by atoms with Crippen molar-refractivity contribution in [1.29, 1.82) is 0 Å². The first-order valence-electron chi connectivity index (χ1n) is 12.9. The molecule has 8 heteroatoms. The molecule has 206 valence electrons.